The highest BCUT2D eigenvalue weighted by Crippen LogP contribution is 2.15. The summed E-state index contributed by atoms with van der Waals surface area (Å²) in [5.74, 6) is -2.02. The summed E-state index contributed by atoms with van der Waals surface area (Å²) in [6.07, 6.45) is 1.42. The fraction of sp³-hybridized carbons (Fsp3) is 0.462. The Morgan fingerprint density at radius 2 is 1.95 bits per heavy atom. The molecule has 19 heavy (non-hydrogen) atoms. The lowest BCUT2D eigenvalue weighted by molar-refractivity contribution is -0.131. The third-order valence-electron chi connectivity index (χ3n) is 3.27. The molecule has 6 heteroatoms. The first-order chi connectivity index (χ1) is 8.58. The van der Waals surface area contributed by atoms with Crippen molar-refractivity contribution in [3.63, 3.8) is 0 Å². The number of amides is 1. The largest absolute Gasteiger partial charge is 0.342 e. The van der Waals surface area contributed by atoms with Gasteiger partial charge in [0.15, 0.2) is 11.6 Å². The normalized spacial score (nSPS) is 16.1. The molecule has 1 aromatic rings. The first-order valence-corrected chi connectivity index (χ1v) is 6.04. The van der Waals surface area contributed by atoms with E-state index < -0.39 is 11.6 Å². The molecule has 1 fully saturated rings. The summed E-state index contributed by atoms with van der Waals surface area (Å²) in [6.45, 7) is 1.19. The quantitative estimate of drug-likeness (QED) is 0.904. The predicted molar refractivity (Wildman–Crippen MR) is 71.1 cm³/mol. The van der Waals surface area contributed by atoms with Crippen LogP contribution in [-0.2, 0) is 11.2 Å². The van der Waals surface area contributed by atoms with Crippen LogP contribution >= 0.6 is 12.4 Å². The minimum absolute atomic E-state index is 0. The van der Waals surface area contributed by atoms with Gasteiger partial charge in [-0.15, -0.1) is 12.4 Å². The first-order valence-electron chi connectivity index (χ1n) is 6.04. The Morgan fingerprint density at radius 3 is 2.58 bits per heavy atom. The number of halogens is 3. The molecule has 0 bridgehead atoms. The second kappa shape index (κ2) is 6.82. The van der Waals surface area contributed by atoms with Crippen molar-refractivity contribution in [3.05, 3.63) is 35.4 Å². The van der Waals surface area contributed by atoms with Crippen molar-refractivity contribution in [3.8, 4) is 0 Å². The zero-order valence-electron chi connectivity index (χ0n) is 10.4. The Kier molecular flexibility index (Phi) is 5.69. The summed E-state index contributed by atoms with van der Waals surface area (Å²) in [5, 5.41) is 0. The van der Waals surface area contributed by atoms with Crippen molar-refractivity contribution < 1.29 is 13.6 Å². The fourth-order valence-electron chi connectivity index (χ4n) is 2.11. The summed E-state index contributed by atoms with van der Waals surface area (Å²) >= 11 is 0. The summed E-state index contributed by atoms with van der Waals surface area (Å²) in [6, 6.07) is 4.03. The number of piperidine rings is 1. The Balaban J connectivity index is 0.00000180. The molecule has 0 spiro atoms. The fourth-order valence-corrected chi connectivity index (χ4v) is 2.11. The minimum atomic E-state index is -0.931. The van der Waals surface area contributed by atoms with E-state index in [2.05, 4.69) is 0 Å². The van der Waals surface area contributed by atoms with Gasteiger partial charge in [-0.25, -0.2) is 8.78 Å². The molecule has 0 aliphatic carbocycles. The van der Waals surface area contributed by atoms with Gasteiger partial charge in [0.1, 0.15) is 0 Å². The average molecular weight is 291 g/mol. The Hall–Kier alpha value is -1.20. The Labute approximate surface area is 117 Å². The van der Waals surface area contributed by atoms with Crippen molar-refractivity contribution in [1.82, 2.24) is 4.90 Å². The maximum atomic E-state index is 13.4. The van der Waals surface area contributed by atoms with Crippen molar-refractivity contribution in [2.75, 3.05) is 13.1 Å². The van der Waals surface area contributed by atoms with Gasteiger partial charge in [-0.3, -0.25) is 4.79 Å². The molecule has 1 saturated heterocycles. The molecule has 106 valence electrons. The number of hydrogen-bond donors (Lipinski definition) is 1. The van der Waals surface area contributed by atoms with Crippen molar-refractivity contribution in [1.29, 1.82) is 0 Å². The molecule has 3 nitrogen and oxygen atoms in total. The van der Waals surface area contributed by atoms with Crippen molar-refractivity contribution in [2.24, 2.45) is 5.73 Å². The van der Waals surface area contributed by atoms with E-state index in [0.29, 0.717) is 13.1 Å². The van der Waals surface area contributed by atoms with Crippen LogP contribution in [0.5, 0.6) is 0 Å². The predicted octanol–water partition coefficient (Wildman–Crippen LogP) is 1.88. The van der Waals surface area contributed by atoms with Gasteiger partial charge in [0.05, 0.1) is 6.42 Å². The zero-order valence-corrected chi connectivity index (χ0v) is 11.3. The van der Waals surface area contributed by atoms with Gasteiger partial charge < -0.3 is 10.6 Å². The van der Waals surface area contributed by atoms with Crippen LogP contribution in [0.3, 0.4) is 0 Å². The molecule has 0 atom stereocenters. The maximum absolute atomic E-state index is 13.4. The molecule has 1 aliphatic heterocycles. The number of carbonyl (C=O) groups excluding carboxylic acids is 1. The number of hydrogen-bond acceptors (Lipinski definition) is 2. The van der Waals surface area contributed by atoms with Crippen LogP contribution in [0.2, 0.25) is 0 Å². The van der Waals surface area contributed by atoms with E-state index in [1.165, 1.54) is 12.1 Å². The lowest BCUT2D eigenvalue weighted by Gasteiger charge is -2.30. The Bertz CT molecular complexity index is 448. The standard InChI is InChI=1S/C13H16F2N2O.ClH/c14-11-3-1-2-9(13(11)15)8-12(18)17-6-4-10(16)5-7-17;/h1-3,10H,4-8,16H2;1H. The van der Waals surface area contributed by atoms with E-state index in [1.54, 1.807) is 4.90 Å². The summed E-state index contributed by atoms with van der Waals surface area (Å²) in [7, 11) is 0. The van der Waals surface area contributed by atoms with Gasteiger partial charge in [-0.1, -0.05) is 12.1 Å². The molecule has 1 aliphatic rings. The highest BCUT2D eigenvalue weighted by molar-refractivity contribution is 5.85. The van der Waals surface area contributed by atoms with Gasteiger partial charge in [-0.2, -0.15) is 0 Å². The van der Waals surface area contributed by atoms with E-state index in [-0.39, 0.29) is 36.3 Å². The summed E-state index contributed by atoms with van der Waals surface area (Å²) < 4.78 is 26.4. The smallest absolute Gasteiger partial charge is 0.227 e. The van der Waals surface area contributed by atoms with Crippen LogP contribution < -0.4 is 5.73 Å². The second-order valence-corrected chi connectivity index (χ2v) is 4.61. The highest BCUT2D eigenvalue weighted by atomic mass is 35.5. The van der Waals surface area contributed by atoms with E-state index in [9.17, 15) is 13.6 Å². The van der Waals surface area contributed by atoms with Crippen LogP contribution in [0.25, 0.3) is 0 Å². The number of carbonyl (C=O) groups is 1. The highest BCUT2D eigenvalue weighted by Gasteiger charge is 2.21. The third-order valence-corrected chi connectivity index (χ3v) is 3.27. The molecule has 2 rings (SSSR count). The van der Waals surface area contributed by atoms with Gasteiger partial charge in [0.2, 0.25) is 5.91 Å². The minimum Gasteiger partial charge on any atom is -0.342 e. The summed E-state index contributed by atoms with van der Waals surface area (Å²) in [4.78, 5) is 13.6. The molecule has 0 radical (unpaired) electrons. The topological polar surface area (TPSA) is 46.3 Å². The van der Waals surface area contributed by atoms with E-state index in [0.717, 1.165) is 18.9 Å². The molecule has 2 N–H and O–H groups in total. The number of likely N-dealkylation sites (tertiary alicyclic amines) is 1. The molecule has 0 aromatic heterocycles. The number of nitrogens with zero attached hydrogens (tertiary/aromatic N) is 1. The van der Waals surface area contributed by atoms with Crippen molar-refractivity contribution in [2.45, 2.75) is 25.3 Å². The third kappa shape index (κ3) is 3.88. The number of nitrogens with two attached hydrogens (primary N) is 1. The Morgan fingerprint density at radius 1 is 1.32 bits per heavy atom. The average Bonchev–Trinajstić information content (AvgIpc) is 2.36. The van der Waals surface area contributed by atoms with Crippen LogP contribution in [0, 0.1) is 11.6 Å². The molecule has 1 amide bonds. The van der Waals surface area contributed by atoms with Crippen LogP contribution in [0.15, 0.2) is 18.2 Å². The van der Waals surface area contributed by atoms with E-state index in [1.807, 2.05) is 0 Å². The molecule has 0 saturated carbocycles. The van der Waals surface area contributed by atoms with Crippen LogP contribution in [0.4, 0.5) is 8.78 Å². The maximum Gasteiger partial charge on any atom is 0.227 e. The van der Waals surface area contributed by atoms with Crippen LogP contribution in [-0.4, -0.2) is 29.9 Å². The van der Waals surface area contributed by atoms with Crippen molar-refractivity contribution >= 4 is 18.3 Å². The SMILES string of the molecule is Cl.NC1CCN(C(=O)Cc2cccc(F)c2F)CC1. The lowest BCUT2D eigenvalue weighted by atomic mass is 10.0. The van der Waals surface area contributed by atoms with Gasteiger partial charge >= 0.3 is 0 Å². The second-order valence-electron chi connectivity index (χ2n) is 4.61. The van der Waals surface area contributed by atoms with Crippen LogP contribution in [0.1, 0.15) is 18.4 Å². The number of benzene rings is 1. The van der Waals surface area contributed by atoms with E-state index >= 15 is 0 Å². The van der Waals surface area contributed by atoms with Gasteiger partial charge in [-0.05, 0) is 18.9 Å². The van der Waals surface area contributed by atoms with Gasteiger partial charge in [0.25, 0.3) is 0 Å². The molecule has 1 heterocycles. The molecular weight excluding hydrogens is 274 g/mol. The summed E-state index contributed by atoms with van der Waals surface area (Å²) in [5.41, 5.74) is 5.85. The molecule has 1 aromatic carbocycles. The van der Waals surface area contributed by atoms with Gasteiger partial charge in [0, 0.05) is 24.7 Å². The monoisotopic (exact) mass is 290 g/mol. The lowest BCUT2D eigenvalue weighted by Crippen LogP contribution is -2.43. The molecular formula is C13H17ClF2N2O. The zero-order chi connectivity index (χ0) is 13.1. The number of rotatable bonds is 2. The molecule has 0 unspecified atom stereocenters. The first kappa shape index (κ1) is 15.9. The van der Waals surface area contributed by atoms with E-state index in [4.69, 9.17) is 5.73 Å².